The fourth-order valence-corrected chi connectivity index (χ4v) is 12.7. The highest BCUT2D eigenvalue weighted by Gasteiger charge is 2.37. The van der Waals surface area contributed by atoms with Crippen molar-refractivity contribution in [1.82, 2.24) is 39.9 Å². The Morgan fingerprint density at radius 3 is 1.42 bits per heavy atom. The van der Waals surface area contributed by atoms with Crippen molar-refractivity contribution >= 4 is 114 Å². The maximum Gasteiger partial charge on any atom is 0.308 e. The van der Waals surface area contributed by atoms with E-state index < -0.39 is 133 Å². The van der Waals surface area contributed by atoms with Gasteiger partial charge in [-0.1, -0.05) is 36.7 Å². The number of hydrogen-bond acceptors (Lipinski definition) is 28. The standard InChI is InChI=1S/C12H8Cl2N4O5S.C10H7N3O4S.C9H6N4O4S.C9H5N3O6S2.CH4/c1-6(19)16-8-2-3-10(14)17-11(8)24(22,23)12-9(18(20)21)4-7(13)5-15-12;14-13(15)8-4-3-7-12-10(8)18(16,17)9-5-1-2-6-11-9;14-13(15)7-3-1-4-10-8(7)18(16,17)9-11-5-2-6-12-9;13-11(14)6-2-1-4-10-8(6)20(17,18)9-7(12(15)16)3-5-19-9;/h2-5H,1H3,(H,16,19);1-7H;1-6H;1-5H;1H4. The summed E-state index contributed by atoms with van der Waals surface area (Å²) in [6.45, 7) is 1.16. The van der Waals surface area contributed by atoms with Crippen LogP contribution in [0, 0.1) is 50.6 Å². The van der Waals surface area contributed by atoms with E-state index in [4.69, 9.17) is 23.2 Å². The predicted molar refractivity (Wildman–Crippen MR) is 278 cm³/mol. The molecule has 8 rings (SSSR count). The van der Waals surface area contributed by atoms with Crippen LogP contribution in [0.2, 0.25) is 10.2 Å². The number of anilines is 1. The molecule has 0 aromatic carbocycles. The maximum atomic E-state index is 12.7. The van der Waals surface area contributed by atoms with Crippen LogP contribution in [0.4, 0.5) is 34.1 Å². The van der Waals surface area contributed by atoms with Gasteiger partial charge in [0, 0.05) is 80.6 Å². The minimum Gasteiger partial charge on any atom is -0.324 e. The van der Waals surface area contributed by atoms with E-state index in [9.17, 15) is 89.0 Å². The normalized spacial score (nSPS) is 11.0. The van der Waals surface area contributed by atoms with Crippen LogP contribution in [-0.2, 0) is 44.1 Å². The van der Waals surface area contributed by atoms with Crippen LogP contribution >= 0.6 is 34.5 Å². The molecule has 33 nitrogen and oxygen atoms in total. The van der Waals surface area contributed by atoms with Crippen molar-refractivity contribution in [2.45, 2.75) is 53.9 Å². The summed E-state index contributed by atoms with van der Waals surface area (Å²) in [4.78, 5) is 89.8. The summed E-state index contributed by atoms with van der Waals surface area (Å²) in [7, 11) is -17.2. The number of nitrogens with zero attached hydrogens (tertiary/aromatic N) is 13. The molecule has 422 valence electrons. The van der Waals surface area contributed by atoms with Crippen molar-refractivity contribution < 1.29 is 63.1 Å². The molecule has 0 spiro atoms. The van der Waals surface area contributed by atoms with E-state index >= 15 is 0 Å². The molecule has 0 atom stereocenters. The Morgan fingerprint density at radius 1 is 0.494 bits per heavy atom. The molecule has 0 aliphatic rings. The van der Waals surface area contributed by atoms with Gasteiger partial charge in [0.15, 0.2) is 10.1 Å². The molecule has 0 fully saturated rings. The fourth-order valence-electron chi connectivity index (χ4n) is 5.77. The second-order valence-corrected chi connectivity index (χ2v) is 23.4. The summed E-state index contributed by atoms with van der Waals surface area (Å²) < 4.78 is 97.9. The Bertz CT molecular complexity index is 4070. The molecule has 8 aromatic heterocycles. The van der Waals surface area contributed by atoms with E-state index in [0.717, 1.165) is 55.8 Å². The van der Waals surface area contributed by atoms with Gasteiger partial charge in [-0.25, -0.2) is 73.5 Å². The lowest BCUT2D eigenvalue weighted by Gasteiger charge is -2.10. The summed E-state index contributed by atoms with van der Waals surface area (Å²) in [5.41, 5.74) is -3.53. The number of thiophene rings is 1. The zero-order valence-corrected chi connectivity index (χ0v) is 44.7. The minimum absolute atomic E-state index is 0. The molecule has 81 heavy (non-hydrogen) atoms. The number of carbonyl (C=O) groups is 1. The molecule has 0 saturated heterocycles. The summed E-state index contributed by atoms with van der Waals surface area (Å²) in [5, 5.41) is 53.1. The van der Waals surface area contributed by atoms with E-state index in [2.05, 4.69) is 45.2 Å². The first kappa shape index (κ1) is 64.1. The Kier molecular flexibility index (Phi) is 21.3. The lowest BCUT2D eigenvalue weighted by molar-refractivity contribution is -0.388. The molecule has 1 N–H and O–H groups in total. The van der Waals surface area contributed by atoms with Gasteiger partial charge in [0.25, 0.3) is 20.7 Å². The number of amides is 1. The van der Waals surface area contributed by atoms with Crippen molar-refractivity contribution in [1.29, 1.82) is 0 Å². The largest absolute Gasteiger partial charge is 0.324 e. The van der Waals surface area contributed by atoms with E-state index in [1.807, 2.05) is 0 Å². The quantitative estimate of drug-likeness (QED) is 0.0509. The third-order valence-electron chi connectivity index (χ3n) is 8.99. The minimum atomic E-state index is -4.55. The SMILES string of the molecule is C.CC(=O)Nc1ccc(Cl)nc1S(=O)(=O)c1ncc(Cl)cc1[N+](=O)[O-].O=[N+]([O-])c1cccnc1S(=O)(=O)c1ccccn1.O=[N+]([O-])c1cccnc1S(=O)(=O)c1ncccn1.O=[N+]([O-])c1cccnc1S(=O)(=O)c1sccc1[N+](=O)[O-]. The number of hydrogen-bond donors (Lipinski definition) is 1. The molecule has 0 aliphatic heterocycles. The van der Waals surface area contributed by atoms with Crippen molar-refractivity contribution in [2.75, 3.05) is 5.32 Å². The van der Waals surface area contributed by atoms with Crippen molar-refractivity contribution in [3.8, 4) is 0 Å². The van der Waals surface area contributed by atoms with Crippen LogP contribution in [-0.4, -0.2) is 104 Å². The molecule has 40 heteroatoms. The van der Waals surface area contributed by atoms with Crippen LogP contribution in [0.15, 0.2) is 173 Å². The third-order valence-corrected chi connectivity index (χ3v) is 17.4. The number of pyridine rings is 6. The molecule has 0 radical (unpaired) electrons. The van der Waals surface area contributed by atoms with Gasteiger partial charge in [-0.05, 0) is 53.9 Å². The summed E-state index contributed by atoms with van der Waals surface area (Å²) in [5.74, 6) is -0.561. The summed E-state index contributed by atoms with van der Waals surface area (Å²) in [6.07, 6.45) is 8.11. The number of sulfone groups is 4. The van der Waals surface area contributed by atoms with Crippen molar-refractivity contribution in [3.63, 3.8) is 0 Å². The highest BCUT2D eigenvalue weighted by Crippen LogP contribution is 2.37. The van der Waals surface area contributed by atoms with Gasteiger partial charge in [0.1, 0.15) is 5.15 Å². The average molecular weight is 1250 g/mol. The zero-order chi connectivity index (χ0) is 59.3. The lowest BCUT2D eigenvalue weighted by atomic mass is 10.4. The summed E-state index contributed by atoms with van der Waals surface area (Å²) in [6, 6.07) is 17.0. The van der Waals surface area contributed by atoms with E-state index in [1.165, 1.54) is 78.7 Å². The first-order chi connectivity index (χ1) is 37.5. The van der Waals surface area contributed by atoms with Crippen molar-refractivity contribution in [3.05, 3.63) is 194 Å². The Balaban J connectivity index is 0.000000233. The molecule has 8 aromatic rings. The van der Waals surface area contributed by atoms with E-state index in [0.29, 0.717) is 11.3 Å². The van der Waals surface area contributed by atoms with Crippen LogP contribution in [0.25, 0.3) is 0 Å². The summed E-state index contributed by atoms with van der Waals surface area (Å²) >= 11 is 11.9. The zero-order valence-electron chi connectivity index (χ0n) is 39.1. The van der Waals surface area contributed by atoms with Crippen molar-refractivity contribution in [2.24, 2.45) is 0 Å². The number of carbonyl (C=O) groups excluding carboxylic acids is 1. The highest BCUT2D eigenvalue weighted by atomic mass is 35.5. The van der Waals surface area contributed by atoms with Crippen LogP contribution < -0.4 is 5.32 Å². The van der Waals surface area contributed by atoms with Gasteiger partial charge in [0.2, 0.25) is 59.7 Å². The second kappa shape index (κ2) is 26.9. The van der Waals surface area contributed by atoms with Gasteiger partial charge in [-0.3, -0.25) is 55.4 Å². The first-order valence-electron chi connectivity index (χ1n) is 20.5. The highest BCUT2D eigenvalue weighted by molar-refractivity contribution is 7.93. The molecule has 8 heterocycles. The Morgan fingerprint density at radius 2 is 0.951 bits per heavy atom. The lowest BCUT2D eigenvalue weighted by Crippen LogP contribution is -2.15. The maximum absolute atomic E-state index is 12.7. The number of aromatic nitrogens is 8. The second-order valence-electron chi connectivity index (χ2n) is 14.2. The van der Waals surface area contributed by atoms with Gasteiger partial charge >= 0.3 is 22.7 Å². The molecule has 0 aliphatic carbocycles. The Hall–Kier alpha value is -9.47. The van der Waals surface area contributed by atoms with Gasteiger partial charge in [-0.2, -0.15) is 0 Å². The molecule has 1 amide bonds. The first-order valence-corrected chi connectivity index (χ1v) is 28.0. The number of halogens is 2. The van der Waals surface area contributed by atoms with Gasteiger partial charge < -0.3 is 5.32 Å². The van der Waals surface area contributed by atoms with Crippen LogP contribution in [0.1, 0.15) is 14.4 Å². The van der Waals surface area contributed by atoms with Gasteiger partial charge in [-0.15, -0.1) is 11.3 Å². The molecule has 0 unspecified atom stereocenters. The third kappa shape index (κ3) is 15.2. The van der Waals surface area contributed by atoms with Gasteiger partial charge in [0.05, 0.1) is 35.3 Å². The molecule has 0 bridgehead atoms. The van der Waals surface area contributed by atoms with E-state index in [-0.39, 0.29) is 28.3 Å². The number of rotatable bonds is 14. The van der Waals surface area contributed by atoms with E-state index in [1.54, 1.807) is 6.07 Å². The predicted octanol–water partition coefficient (Wildman–Crippen LogP) is 6.74. The number of nitrogens with one attached hydrogen (secondary N) is 1. The molecular weight excluding hydrogens is 1220 g/mol. The topological polar surface area (TPSA) is 484 Å². The molecule has 0 saturated carbocycles. The van der Waals surface area contributed by atoms with Crippen LogP contribution in [0.5, 0.6) is 0 Å². The Labute approximate surface area is 467 Å². The fraction of sp³-hybridized carbons (Fsp3) is 0.0488. The molecular formula is C41H30Cl2N14O19S5. The van der Waals surface area contributed by atoms with Crippen LogP contribution in [0.3, 0.4) is 0 Å². The average Bonchev–Trinajstić information content (AvgIpc) is 4.12. The number of nitro groups is 5. The monoisotopic (exact) mass is 1250 g/mol. The smallest absolute Gasteiger partial charge is 0.308 e.